The maximum absolute atomic E-state index is 12.6. The first-order chi connectivity index (χ1) is 12.7. The van der Waals surface area contributed by atoms with Crippen LogP contribution in [0, 0.1) is 0 Å². The van der Waals surface area contributed by atoms with Gasteiger partial charge in [0.25, 0.3) is 5.91 Å². The SMILES string of the molecule is O=C(c1ncccn1)N1CCC[C@]2(C[C@@H](OCc3ccccn3)CO2)C1. The van der Waals surface area contributed by atoms with E-state index in [-0.39, 0.29) is 23.4 Å². The van der Waals surface area contributed by atoms with E-state index in [2.05, 4.69) is 15.0 Å². The molecule has 7 heteroatoms. The minimum absolute atomic E-state index is 0.0278. The molecule has 136 valence electrons. The number of hydrogen-bond donors (Lipinski definition) is 0. The predicted octanol–water partition coefficient (Wildman–Crippen LogP) is 1.85. The first-order valence-electron chi connectivity index (χ1n) is 8.96. The molecule has 1 amide bonds. The Morgan fingerprint density at radius 1 is 1.23 bits per heavy atom. The van der Waals surface area contributed by atoms with Crippen LogP contribution in [0.15, 0.2) is 42.9 Å². The average molecular weight is 354 g/mol. The lowest BCUT2D eigenvalue weighted by atomic mass is 9.89. The largest absolute Gasteiger partial charge is 0.370 e. The Kier molecular flexibility index (Phi) is 4.90. The van der Waals surface area contributed by atoms with Crippen LogP contribution in [0.2, 0.25) is 0 Å². The van der Waals surface area contributed by atoms with Crippen molar-refractivity contribution in [3.05, 3.63) is 54.4 Å². The number of likely N-dealkylation sites (tertiary alicyclic amines) is 1. The molecular formula is C19H22N4O3. The average Bonchev–Trinajstić information content (AvgIpc) is 3.09. The fourth-order valence-corrected chi connectivity index (χ4v) is 3.70. The molecule has 2 aliphatic rings. The molecule has 1 spiro atoms. The number of nitrogens with zero attached hydrogens (tertiary/aromatic N) is 4. The third-order valence-electron chi connectivity index (χ3n) is 4.95. The monoisotopic (exact) mass is 354 g/mol. The summed E-state index contributed by atoms with van der Waals surface area (Å²) in [5.74, 6) is 0.108. The maximum atomic E-state index is 12.6. The molecule has 0 saturated carbocycles. The van der Waals surface area contributed by atoms with Gasteiger partial charge < -0.3 is 14.4 Å². The molecule has 0 bridgehead atoms. The van der Waals surface area contributed by atoms with Crippen molar-refractivity contribution < 1.29 is 14.3 Å². The molecule has 7 nitrogen and oxygen atoms in total. The second kappa shape index (κ2) is 7.47. The highest BCUT2D eigenvalue weighted by molar-refractivity contribution is 5.90. The van der Waals surface area contributed by atoms with Gasteiger partial charge >= 0.3 is 0 Å². The van der Waals surface area contributed by atoms with E-state index >= 15 is 0 Å². The van der Waals surface area contributed by atoms with Gasteiger partial charge in [-0.3, -0.25) is 9.78 Å². The highest BCUT2D eigenvalue weighted by Gasteiger charge is 2.45. The van der Waals surface area contributed by atoms with Gasteiger partial charge in [-0.1, -0.05) is 6.07 Å². The van der Waals surface area contributed by atoms with Crippen molar-refractivity contribution in [2.75, 3.05) is 19.7 Å². The van der Waals surface area contributed by atoms with E-state index in [1.54, 1.807) is 29.6 Å². The standard InChI is InChI=1S/C19H22N4O3/c24-18(17-21-8-4-9-22-17)23-10-3-6-19(14-23)11-16(13-26-19)25-12-15-5-1-2-7-20-15/h1-2,4-5,7-9,16H,3,6,10-14H2/t16-,19+/m1/s1. The van der Waals surface area contributed by atoms with Crippen LogP contribution < -0.4 is 0 Å². The molecule has 4 rings (SSSR count). The number of hydrogen-bond acceptors (Lipinski definition) is 6. The van der Waals surface area contributed by atoms with Crippen LogP contribution in [-0.2, 0) is 16.1 Å². The summed E-state index contributed by atoms with van der Waals surface area (Å²) in [6.45, 7) is 2.30. The summed E-state index contributed by atoms with van der Waals surface area (Å²) in [7, 11) is 0. The lowest BCUT2D eigenvalue weighted by Crippen LogP contribution is -2.50. The number of amides is 1. The topological polar surface area (TPSA) is 77.4 Å². The Bertz CT molecular complexity index is 743. The fourth-order valence-electron chi connectivity index (χ4n) is 3.70. The van der Waals surface area contributed by atoms with Gasteiger partial charge in [0.2, 0.25) is 5.82 Å². The van der Waals surface area contributed by atoms with Crippen LogP contribution in [0.3, 0.4) is 0 Å². The van der Waals surface area contributed by atoms with Crippen LogP contribution in [0.4, 0.5) is 0 Å². The molecular weight excluding hydrogens is 332 g/mol. The lowest BCUT2D eigenvalue weighted by Gasteiger charge is -2.39. The quantitative estimate of drug-likeness (QED) is 0.834. The number of rotatable bonds is 4. The van der Waals surface area contributed by atoms with Crippen molar-refractivity contribution in [2.24, 2.45) is 0 Å². The molecule has 4 heterocycles. The number of piperidine rings is 1. The van der Waals surface area contributed by atoms with Crippen LogP contribution in [0.1, 0.15) is 35.6 Å². The minimum atomic E-state index is -0.322. The summed E-state index contributed by atoms with van der Waals surface area (Å²) < 4.78 is 12.1. The van der Waals surface area contributed by atoms with Gasteiger partial charge in [0.05, 0.1) is 37.2 Å². The number of pyridine rings is 1. The minimum Gasteiger partial charge on any atom is -0.370 e. The van der Waals surface area contributed by atoms with Gasteiger partial charge in [0.1, 0.15) is 0 Å². The summed E-state index contributed by atoms with van der Waals surface area (Å²) in [6, 6.07) is 7.50. The number of ether oxygens (including phenoxy) is 2. The van der Waals surface area contributed by atoms with Crippen molar-refractivity contribution >= 4 is 5.91 Å². The van der Waals surface area contributed by atoms with Crippen molar-refractivity contribution in [2.45, 2.75) is 37.6 Å². The fraction of sp³-hybridized carbons (Fsp3) is 0.474. The van der Waals surface area contributed by atoms with Crippen LogP contribution in [-0.4, -0.2) is 57.2 Å². The van der Waals surface area contributed by atoms with Crippen molar-refractivity contribution in [3.63, 3.8) is 0 Å². The van der Waals surface area contributed by atoms with E-state index in [0.29, 0.717) is 26.3 Å². The summed E-state index contributed by atoms with van der Waals surface area (Å²) >= 11 is 0. The molecule has 0 unspecified atom stereocenters. The molecule has 2 fully saturated rings. The van der Waals surface area contributed by atoms with E-state index in [9.17, 15) is 4.79 Å². The molecule has 0 aliphatic carbocycles. The zero-order valence-corrected chi connectivity index (χ0v) is 14.6. The Balaban J connectivity index is 1.36. The van der Waals surface area contributed by atoms with Crippen molar-refractivity contribution in [1.29, 1.82) is 0 Å². The van der Waals surface area contributed by atoms with Gasteiger partial charge in [0.15, 0.2) is 0 Å². The summed E-state index contributed by atoms with van der Waals surface area (Å²) in [6.07, 6.45) is 7.61. The first kappa shape index (κ1) is 17.1. The van der Waals surface area contributed by atoms with Crippen molar-refractivity contribution in [3.8, 4) is 0 Å². The second-order valence-electron chi connectivity index (χ2n) is 6.85. The Hall–Kier alpha value is -2.38. The van der Waals surface area contributed by atoms with E-state index in [4.69, 9.17) is 9.47 Å². The molecule has 2 saturated heterocycles. The maximum Gasteiger partial charge on any atom is 0.291 e. The summed E-state index contributed by atoms with van der Waals surface area (Å²) in [4.78, 5) is 26.9. The van der Waals surface area contributed by atoms with Crippen LogP contribution >= 0.6 is 0 Å². The number of carbonyl (C=O) groups is 1. The van der Waals surface area contributed by atoms with Crippen molar-refractivity contribution in [1.82, 2.24) is 19.9 Å². The lowest BCUT2D eigenvalue weighted by molar-refractivity contribution is -0.0469. The normalized spacial score (nSPS) is 25.5. The van der Waals surface area contributed by atoms with Gasteiger partial charge in [-0.05, 0) is 31.0 Å². The van der Waals surface area contributed by atoms with Crippen LogP contribution in [0.5, 0.6) is 0 Å². The zero-order valence-electron chi connectivity index (χ0n) is 14.6. The Morgan fingerprint density at radius 3 is 2.88 bits per heavy atom. The first-order valence-corrected chi connectivity index (χ1v) is 8.96. The highest BCUT2D eigenvalue weighted by Crippen LogP contribution is 2.36. The summed E-state index contributed by atoms with van der Waals surface area (Å²) in [5.41, 5.74) is 0.590. The molecule has 0 aromatic carbocycles. The van der Waals surface area contributed by atoms with E-state index in [0.717, 1.165) is 25.0 Å². The number of aromatic nitrogens is 3. The van der Waals surface area contributed by atoms with Gasteiger partial charge in [-0.25, -0.2) is 9.97 Å². The predicted molar refractivity (Wildman–Crippen MR) is 93.3 cm³/mol. The van der Waals surface area contributed by atoms with Gasteiger partial charge in [0, 0.05) is 31.6 Å². The molecule has 2 aliphatic heterocycles. The van der Waals surface area contributed by atoms with E-state index in [1.165, 1.54) is 0 Å². The highest BCUT2D eigenvalue weighted by atomic mass is 16.6. The van der Waals surface area contributed by atoms with Crippen LogP contribution in [0.25, 0.3) is 0 Å². The Morgan fingerprint density at radius 2 is 2.08 bits per heavy atom. The zero-order chi connectivity index (χ0) is 17.8. The molecule has 2 aromatic rings. The molecule has 0 radical (unpaired) electrons. The molecule has 2 atom stereocenters. The Labute approximate surface area is 152 Å². The third-order valence-corrected chi connectivity index (χ3v) is 4.95. The molecule has 26 heavy (non-hydrogen) atoms. The van der Waals surface area contributed by atoms with Gasteiger partial charge in [-0.2, -0.15) is 0 Å². The van der Waals surface area contributed by atoms with E-state index in [1.807, 2.05) is 18.2 Å². The van der Waals surface area contributed by atoms with E-state index < -0.39 is 0 Å². The second-order valence-corrected chi connectivity index (χ2v) is 6.85. The summed E-state index contributed by atoms with van der Waals surface area (Å²) in [5, 5.41) is 0. The molecule has 2 aromatic heterocycles. The smallest absolute Gasteiger partial charge is 0.291 e. The molecule has 0 N–H and O–H groups in total. The van der Waals surface area contributed by atoms with Gasteiger partial charge in [-0.15, -0.1) is 0 Å². The number of carbonyl (C=O) groups excluding carboxylic acids is 1. The third kappa shape index (κ3) is 3.73.